The predicted molar refractivity (Wildman–Crippen MR) is 107 cm³/mol. The van der Waals surface area contributed by atoms with Gasteiger partial charge in [-0.15, -0.1) is 0 Å². The largest absolute Gasteiger partial charge is 0.381 e. The summed E-state index contributed by atoms with van der Waals surface area (Å²) in [7, 11) is 0. The topological polar surface area (TPSA) is 32.3 Å². The van der Waals surface area contributed by atoms with Gasteiger partial charge in [-0.1, -0.05) is 0 Å². The molecule has 0 aromatic heterocycles. The summed E-state index contributed by atoms with van der Waals surface area (Å²) in [6.07, 6.45) is 2.14. The summed E-state index contributed by atoms with van der Waals surface area (Å²) in [4.78, 5) is 13.6. The van der Waals surface area contributed by atoms with Crippen LogP contribution in [0.25, 0.3) is 0 Å². The maximum absolute atomic E-state index is 14.0. The Morgan fingerprint density at radius 3 is 2.58 bits per heavy atom. The molecule has 1 fully saturated rings. The van der Waals surface area contributed by atoms with Gasteiger partial charge in [0, 0.05) is 44.5 Å². The summed E-state index contributed by atoms with van der Waals surface area (Å²) in [5, 5.41) is 3.23. The molecule has 1 aliphatic carbocycles. The molecule has 3 rings (SSSR count). The Labute approximate surface area is 162 Å². The lowest BCUT2D eigenvalue weighted by Gasteiger charge is -2.21. The van der Waals surface area contributed by atoms with E-state index < -0.39 is 0 Å². The van der Waals surface area contributed by atoms with Crippen LogP contribution in [0, 0.1) is 9.39 Å². The average Bonchev–Trinajstić information content (AvgIpc) is 3.35. The highest BCUT2D eigenvalue weighted by atomic mass is 127. The van der Waals surface area contributed by atoms with Crippen molar-refractivity contribution in [1.82, 2.24) is 0 Å². The van der Waals surface area contributed by atoms with Gasteiger partial charge in [0.1, 0.15) is 5.82 Å². The van der Waals surface area contributed by atoms with Crippen LogP contribution in [0.1, 0.15) is 25.3 Å². The Kier molecular flexibility index (Phi) is 5.44. The molecule has 3 nitrogen and oxygen atoms in total. The number of halogens is 3. The molecule has 6 heteroatoms. The summed E-state index contributed by atoms with van der Waals surface area (Å²) in [6.45, 7) is 2.01. The van der Waals surface area contributed by atoms with Crippen molar-refractivity contribution in [1.29, 1.82) is 0 Å². The van der Waals surface area contributed by atoms with Gasteiger partial charge in [-0.05, 0) is 87.8 Å². The van der Waals surface area contributed by atoms with E-state index >= 15 is 0 Å². The number of anilines is 2. The molecule has 0 radical (unpaired) electrons. The van der Waals surface area contributed by atoms with E-state index in [4.69, 9.17) is 0 Å². The first-order valence-electron chi connectivity index (χ1n) is 7.73. The quantitative estimate of drug-likeness (QED) is 0.443. The zero-order valence-corrected chi connectivity index (χ0v) is 16.9. The number of carbonyl (C=O) groups excluding carboxylic acids is 1. The third-order valence-electron chi connectivity index (χ3n) is 3.97. The molecule has 126 valence electrons. The van der Waals surface area contributed by atoms with Crippen LogP contribution in [0.15, 0.2) is 40.9 Å². The van der Waals surface area contributed by atoms with Crippen molar-refractivity contribution >= 4 is 55.8 Å². The molecule has 24 heavy (non-hydrogen) atoms. The fourth-order valence-electron chi connectivity index (χ4n) is 2.62. The van der Waals surface area contributed by atoms with Gasteiger partial charge in [0.2, 0.25) is 5.91 Å². The lowest BCUT2D eigenvalue weighted by atomic mass is 10.2. The first-order valence-corrected chi connectivity index (χ1v) is 9.60. The number of rotatable bonds is 5. The number of hydrogen-bond donors (Lipinski definition) is 1. The Morgan fingerprint density at radius 1 is 1.33 bits per heavy atom. The smallest absolute Gasteiger partial charge is 0.224 e. The van der Waals surface area contributed by atoms with Gasteiger partial charge in [0.25, 0.3) is 0 Å². The zero-order valence-electron chi connectivity index (χ0n) is 13.2. The van der Waals surface area contributed by atoms with Crippen LogP contribution in [0.3, 0.4) is 0 Å². The van der Waals surface area contributed by atoms with E-state index in [1.54, 1.807) is 6.92 Å². The Morgan fingerprint density at radius 2 is 2.00 bits per heavy atom. The van der Waals surface area contributed by atoms with E-state index in [1.165, 1.54) is 6.07 Å². The van der Waals surface area contributed by atoms with Crippen molar-refractivity contribution in [3.05, 3.63) is 55.8 Å². The van der Waals surface area contributed by atoms with Crippen molar-refractivity contribution in [3.63, 3.8) is 0 Å². The molecule has 0 saturated heterocycles. The van der Waals surface area contributed by atoms with Crippen molar-refractivity contribution in [3.8, 4) is 0 Å². The summed E-state index contributed by atoms with van der Waals surface area (Å²) in [6, 6.07) is 11.4. The molecule has 0 heterocycles. The van der Waals surface area contributed by atoms with Gasteiger partial charge in [0.15, 0.2) is 0 Å². The van der Waals surface area contributed by atoms with Crippen LogP contribution in [0.5, 0.6) is 0 Å². The van der Waals surface area contributed by atoms with E-state index in [9.17, 15) is 9.18 Å². The van der Waals surface area contributed by atoms with Crippen LogP contribution >= 0.6 is 38.5 Å². The fraction of sp³-hybridized carbons (Fsp3) is 0.278. The number of amides is 1. The minimum Gasteiger partial charge on any atom is -0.381 e. The van der Waals surface area contributed by atoms with E-state index in [2.05, 4.69) is 43.8 Å². The Hall–Kier alpha value is -1.15. The second kappa shape index (κ2) is 7.39. The van der Waals surface area contributed by atoms with Crippen LogP contribution in [-0.2, 0) is 11.3 Å². The second-order valence-corrected chi connectivity index (χ2v) is 7.89. The molecule has 1 amide bonds. The minimum atomic E-state index is -0.233. The zero-order chi connectivity index (χ0) is 17.3. The average molecular weight is 503 g/mol. The SMILES string of the molecule is CC(=O)N(c1ccc(NCc2cc(I)c(Br)cc2F)cc1)C1CC1. The van der Waals surface area contributed by atoms with E-state index in [0.29, 0.717) is 18.2 Å². The molecular weight excluding hydrogens is 486 g/mol. The molecule has 0 atom stereocenters. The minimum absolute atomic E-state index is 0.0738. The van der Waals surface area contributed by atoms with Gasteiger partial charge in [-0.2, -0.15) is 0 Å². The van der Waals surface area contributed by atoms with E-state index in [0.717, 1.165) is 32.3 Å². The molecule has 2 aromatic rings. The molecular formula is C18H17BrFIN2O. The predicted octanol–water partition coefficient (Wildman–Crippen LogP) is 5.32. The second-order valence-electron chi connectivity index (χ2n) is 5.88. The highest BCUT2D eigenvalue weighted by Gasteiger charge is 2.31. The summed E-state index contributed by atoms with van der Waals surface area (Å²) in [5.41, 5.74) is 2.44. The van der Waals surface area contributed by atoms with Crippen LogP contribution in [-0.4, -0.2) is 11.9 Å². The third-order valence-corrected chi connectivity index (χ3v) is 6.26. The van der Waals surface area contributed by atoms with Crippen molar-refractivity contribution in [2.75, 3.05) is 10.2 Å². The van der Waals surface area contributed by atoms with Crippen molar-refractivity contribution in [2.45, 2.75) is 32.4 Å². The highest BCUT2D eigenvalue weighted by molar-refractivity contribution is 14.1. The third kappa shape index (κ3) is 4.08. The number of nitrogens with zero attached hydrogens (tertiary/aromatic N) is 1. The summed E-state index contributed by atoms with van der Waals surface area (Å²) >= 11 is 5.50. The van der Waals surface area contributed by atoms with Gasteiger partial charge < -0.3 is 10.2 Å². The molecule has 0 aliphatic heterocycles. The monoisotopic (exact) mass is 502 g/mol. The molecule has 1 N–H and O–H groups in total. The standard InChI is InChI=1S/C18H17BrFIN2O/c1-11(24)23(15-6-7-15)14-4-2-13(3-5-14)22-10-12-8-18(21)16(19)9-17(12)20/h2-5,8-9,15,22H,6-7,10H2,1H3. The maximum atomic E-state index is 14.0. The number of hydrogen-bond acceptors (Lipinski definition) is 2. The molecule has 1 saturated carbocycles. The molecule has 0 spiro atoms. The number of nitrogens with one attached hydrogen (secondary N) is 1. The molecule has 1 aliphatic rings. The van der Waals surface area contributed by atoms with Gasteiger partial charge in [-0.25, -0.2) is 4.39 Å². The fourth-order valence-corrected chi connectivity index (χ4v) is 3.47. The van der Waals surface area contributed by atoms with Gasteiger partial charge in [0.05, 0.1) is 0 Å². The first-order chi connectivity index (χ1) is 11.5. The normalized spacial score (nSPS) is 13.7. The Bertz CT molecular complexity index is 762. The summed E-state index contributed by atoms with van der Waals surface area (Å²) < 4.78 is 15.7. The molecule has 0 unspecified atom stereocenters. The number of benzene rings is 2. The summed E-state index contributed by atoms with van der Waals surface area (Å²) in [5.74, 6) is -0.160. The van der Waals surface area contributed by atoms with E-state index in [-0.39, 0.29) is 11.7 Å². The Balaban J connectivity index is 1.68. The highest BCUT2D eigenvalue weighted by Crippen LogP contribution is 2.32. The van der Waals surface area contributed by atoms with Crippen molar-refractivity contribution in [2.24, 2.45) is 0 Å². The van der Waals surface area contributed by atoms with Crippen LogP contribution in [0.4, 0.5) is 15.8 Å². The maximum Gasteiger partial charge on any atom is 0.224 e. The molecule has 0 bridgehead atoms. The van der Waals surface area contributed by atoms with Crippen LogP contribution < -0.4 is 10.2 Å². The number of carbonyl (C=O) groups is 1. The molecule has 2 aromatic carbocycles. The van der Waals surface area contributed by atoms with Crippen molar-refractivity contribution < 1.29 is 9.18 Å². The van der Waals surface area contributed by atoms with E-state index in [1.807, 2.05) is 35.2 Å². The lowest BCUT2D eigenvalue weighted by molar-refractivity contribution is -0.116. The first kappa shape index (κ1) is 17.7. The lowest BCUT2D eigenvalue weighted by Crippen LogP contribution is -2.30. The van der Waals surface area contributed by atoms with Crippen LogP contribution in [0.2, 0.25) is 0 Å². The van der Waals surface area contributed by atoms with Gasteiger partial charge in [-0.3, -0.25) is 4.79 Å². The van der Waals surface area contributed by atoms with Gasteiger partial charge >= 0.3 is 0 Å².